The molecule has 3 N–H and O–H groups in total. The van der Waals surface area contributed by atoms with Crippen LogP contribution in [0, 0.1) is 12.7 Å². The van der Waals surface area contributed by atoms with Gasteiger partial charge in [-0.25, -0.2) is 9.18 Å². The second-order valence-corrected chi connectivity index (χ2v) is 7.29. The SMILES string of the molecule is Cc1c(N2CCC[C@H]2CN)c(F)cn2c(=O)c(C(=O)O)cc(C3CC3)c12. The lowest BCUT2D eigenvalue weighted by Crippen LogP contribution is -2.37. The van der Waals surface area contributed by atoms with Crippen molar-refractivity contribution in [3.05, 3.63) is 45.1 Å². The standard InChI is InChI=1S/C19H22FN3O3/c1-10-16-13(11-4-5-11)7-14(19(25)26)18(24)23(16)9-15(20)17(10)22-6-2-3-12(22)8-21/h7,9,11-12H,2-6,8,21H2,1H3,(H,25,26)/t12-/m0/s1. The van der Waals surface area contributed by atoms with E-state index in [1.54, 1.807) is 0 Å². The predicted molar refractivity (Wildman–Crippen MR) is 96.7 cm³/mol. The molecule has 2 aromatic rings. The number of carboxylic acid groups (broad SMARTS) is 1. The molecule has 1 saturated carbocycles. The molecule has 2 aliphatic rings. The molecule has 138 valence electrons. The number of carboxylic acids is 1. The van der Waals surface area contributed by atoms with Crippen molar-refractivity contribution >= 4 is 17.2 Å². The minimum absolute atomic E-state index is 0.0834. The van der Waals surface area contributed by atoms with Crippen LogP contribution in [0.4, 0.5) is 10.1 Å². The Labute approximate surface area is 150 Å². The van der Waals surface area contributed by atoms with Crippen LogP contribution in [0.5, 0.6) is 0 Å². The molecule has 2 aromatic heterocycles. The average Bonchev–Trinajstić information content (AvgIpc) is 3.34. The molecule has 1 saturated heterocycles. The summed E-state index contributed by atoms with van der Waals surface area (Å²) in [7, 11) is 0. The molecule has 26 heavy (non-hydrogen) atoms. The number of aryl methyl sites for hydroxylation is 1. The lowest BCUT2D eigenvalue weighted by molar-refractivity contribution is 0.0694. The molecule has 3 heterocycles. The van der Waals surface area contributed by atoms with E-state index in [-0.39, 0.29) is 17.5 Å². The second kappa shape index (κ2) is 6.09. The van der Waals surface area contributed by atoms with E-state index in [0.717, 1.165) is 44.0 Å². The summed E-state index contributed by atoms with van der Waals surface area (Å²) < 4.78 is 16.2. The molecular formula is C19H22FN3O3. The maximum absolute atomic E-state index is 15.0. The zero-order valence-electron chi connectivity index (χ0n) is 14.7. The molecule has 1 atom stereocenters. The molecule has 0 bridgehead atoms. The number of nitrogens with two attached hydrogens (primary N) is 1. The first kappa shape index (κ1) is 17.0. The fourth-order valence-corrected chi connectivity index (χ4v) is 4.23. The molecule has 2 fully saturated rings. The number of aromatic nitrogens is 1. The monoisotopic (exact) mass is 359 g/mol. The fourth-order valence-electron chi connectivity index (χ4n) is 4.23. The van der Waals surface area contributed by atoms with Crippen molar-refractivity contribution in [2.75, 3.05) is 18.0 Å². The third kappa shape index (κ3) is 2.49. The third-order valence-electron chi connectivity index (χ3n) is 5.63. The summed E-state index contributed by atoms with van der Waals surface area (Å²) in [6.45, 7) is 2.99. The van der Waals surface area contributed by atoms with E-state index < -0.39 is 17.3 Å². The van der Waals surface area contributed by atoms with Crippen LogP contribution in [0.2, 0.25) is 0 Å². The molecule has 0 aromatic carbocycles. The smallest absolute Gasteiger partial charge is 0.341 e. The van der Waals surface area contributed by atoms with E-state index in [1.807, 2.05) is 11.8 Å². The Balaban J connectivity index is 2.03. The van der Waals surface area contributed by atoms with Gasteiger partial charge in [0.1, 0.15) is 5.56 Å². The van der Waals surface area contributed by atoms with Gasteiger partial charge in [-0.05, 0) is 55.7 Å². The molecular weight excluding hydrogens is 337 g/mol. The number of fused-ring (bicyclic) bond motifs is 1. The highest BCUT2D eigenvalue weighted by atomic mass is 19.1. The molecule has 1 aliphatic heterocycles. The molecule has 0 radical (unpaired) electrons. The highest BCUT2D eigenvalue weighted by Gasteiger charge is 2.32. The number of hydrogen-bond donors (Lipinski definition) is 2. The maximum Gasteiger partial charge on any atom is 0.341 e. The number of pyridine rings is 2. The Bertz CT molecular complexity index is 965. The topological polar surface area (TPSA) is 88.0 Å². The van der Waals surface area contributed by atoms with Crippen molar-refractivity contribution in [3.8, 4) is 0 Å². The zero-order chi connectivity index (χ0) is 18.6. The third-order valence-corrected chi connectivity index (χ3v) is 5.63. The quantitative estimate of drug-likeness (QED) is 0.874. The van der Waals surface area contributed by atoms with E-state index in [0.29, 0.717) is 23.3 Å². The maximum atomic E-state index is 15.0. The molecule has 1 aliphatic carbocycles. The van der Waals surface area contributed by atoms with E-state index in [4.69, 9.17) is 5.73 Å². The number of carbonyl (C=O) groups is 1. The first-order valence-electron chi connectivity index (χ1n) is 9.02. The van der Waals surface area contributed by atoms with Gasteiger partial charge in [0.05, 0.1) is 17.4 Å². The van der Waals surface area contributed by atoms with Crippen LogP contribution >= 0.6 is 0 Å². The van der Waals surface area contributed by atoms with E-state index in [1.165, 1.54) is 10.5 Å². The zero-order valence-corrected chi connectivity index (χ0v) is 14.7. The Morgan fingerprint density at radius 2 is 2.12 bits per heavy atom. The summed E-state index contributed by atoms with van der Waals surface area (Å²) >= 11 is 0. The molecule has 4 rings (SSSR count). The highest BCUT2D eigenvalue weighted by molar-refractivity contribution is 5.89. The first-order chi connectivity index (χ1) is 12.4. The molecule has 0 spiro atoms. The number of rotatable bonds is 4. The van der Waals surface area contributed by atoms with Crippen molar-refractivity contribution in [2.24, 2.45) is 5.73 Å². The Morgan fingerprint density at radius 3 is 2.73 bits per heavy atom. The van der Waals surface area contributed by atoms with Gasteiger partial charge in [-0.3, -0.25) is 9.20 Å². The fraction of sp³-hybridized carbons (Fsp3) is 0.474. The number of halogens is 1. The Morgan fingerprint density at radius 1 is 1.38 bits per heavy atom. The van der Waals surface area contributed by atoms with Crippen LogP contribution < -0.4 is 16.2 Å². The number of hydrogen-bond acceptors (Lipinski definition) is 4. The molecule has 6 nitrogen and oxygen atoms in total. The number of anilines is 1. The van der Waals surface area contributed by atoms with Crippen molar-refractivity contribution in [1.29, 1.82) is 0 Å². The predicted octanol–water partition coefficient (Wildman–Crippen LogP) is 2.25. The molecule has 7 heteroatoms. The van der Waals surface area contributed by atoms with Crippen LogP contribution in [0.1, 0.15) is 53.1 Å². The lowest BCUT2D eigenvalue weighted by Gasteiger charge is -2.29. The van der Waals surface area contributed by atoms with Gasteiger partial charge in [0, 0.05) is 19.1 Å². The van der Waals surface area contributed by atoms with Crippen molar-refractivity contribution in [1.82, 2.24) is 4.40 Å². The van der Waals surface area contributed by atoms with E-state index in [2.05, 4.69) is 0 Å². The minimum atomic E-state index is -1.28. The summed E-state index contributed by atoms with van der Waals surface area (Å²) in [4.78, 5) is 26.1. The Hall–Kier alpha value is -2.41. The van der Waals surface area contributed by atoms with Crippen LogP contribution in [0.25, 0.3) is 5.52 Å². The normalized spacial score (nSPS) is 20.1. The van der Waals surface area contributed by atoms with Gasteiger partial charge in [0.15, 0.2) is 5.82 Å². The Kier molecular flexibility index (Phi) is 3.99. The lowest BCUT2D eigenvalue weighted by atomic mass is 10.0. The van der Waals surface area contributed by atoms with Gasteiger partial charge in [-0.2, -0.15) is 0 Å². The molecule has 0 unspecified atom stereocenters. The highest BCUT2D eigenvalue weighted by Crippen LogP contribution is 2.44. The van der Waals surface area contributed by atoms with E-state index >= 15 is 4.39 Å². The van der Waals surface area contributed by atoms with Gasteiger partial charge in [-0.15, -0.1) is 0 Å². The van der Waals surface area contributed by atoms with Gasteiger partial charge >= 0.3 is 5.97 Å². The number of nitrogens with zero attached hydrogens (tertiary/aromatic N) is 2. The summed E-state index contributed by atoms with van der Waals surface area (Å²) in [6.07, 6.45) is 4.92. The van der Waals surface area contributed by atoms with Crippen molar-refractivity contribution in [3.63, 3.8) is 0 Å². The summed E-state index contributed by atoms with van der Waals surface area (Å²) in [5, 5.41) is 9.35. The summed E-state index contributed by atoms with van der Waals surface area (Å²) in [5.74, 6) is -1.57. The number of aromatic carboxylic acids is 1. The average molecular weight is 359 g/mol. The van der Waals surface area contributed by atoms with Crippen LogP contribution in [-0.4, -0.2) is 34.6 Å². The van der Waals surface area contributed by atoms with Gasteiger partial charge in [0.25, 0.3) is 5.56 Å². The molecule has 0 amide bonds. The minimum Gasteiger partial charge on any atom is -0.477 e. The van der Waals surface area contributed by atoms with Crippen LogP contribution in [0.15, 0.2) is 17.1 Å². The van der Waals surface area contributed by atoms with Crippen molar-refractivity contribution in [2.45, 2.75) is 44.6 Å². The first-order valence-corrected chi connectivity index (χ1v) is 9.02. The van der Waals surface area contributed by atoms with Gasteiger partial charge < -0.3 is 15.7 Å². The van der Waals surface area contributed by atoms with Gasteiger partial charge in [0.2, 0.25) is 0 Å². The van der Waals surface area contributed by atoms with Crippen molar-refractivity contribution < 1.29 is 14.3 Å². The summed E-state index contributed by atoms with van der Waals surface area (Å²) in [6, 6.07) is 1.57. The largest absolute Gasteiger partial charge is 0.477 e. The van der Waals surface area contributed by atoms with E-state index in [9.17, 15) is 14.7 Å². The van der Waals surface area contributed by atoms with Crippen LogP contribution in [-0.2, 0) is 0 Å². The second-order valence-electron chi connectivity index (χ2n) is 7.29. The summed E-state index contributed by atoms with van der Waals surface area (Å²) in [5.41, 5.74) is 7.49. The van der Waals surface area contributed by atoms with Gasteiger partial charge in [-0.1, -0.05) is 0 Å². The van der Waals surface area contributed by atoms with Crippen LogP contribution in [0.3, 0.4) is 0 Å².